The Labute approximate surface area is 228 Å². The van der Waals surface area contributed by atoms with E-state index < -0.39 is 60.1 Å². The topological polar surface area (TPSA) is 108 Å². The summed E-state index contributed by atoms with van der Waals surface area (Å²) in [5.74, 6) is -9.77. The molecule has 0 radical (unpaired) electrons. The second-order valence-corrected chi connectivity index (χ2v) is 10.7. The first-order valence-corrected chi connectivity index (χ1v) is 12.3. The third-order valence-corrected chi connectivity index (χ3v) is 8.15. The number of ether oxygens (including phenoxy) is 1. The van der Waals surface area contributed by atoms with Gasteiger partial charge < -0.3 is 20.5 Å². The van der Waals surface area contributed by atoms with E-state index in [4.69, 9.17) is 51.1 Å². The molecule has 3 heterocycles. The van der Waals surface area contributed by atoms with Crippen LogP contribution in [0, 0.1) is 11.8 Å². The third kappa shape index (κ3) is 3.84. The van der Waals surface area contributed by atoms with Gasteiger partial charge in [0.1, 0.15) is 11.5 Å². The summed E-state index contributed by atoms with van der Waals surface area (Å²) in [4.78, 5) is 41.0. The Bertz CT molecular complexity index is 1350. The lowest BCUT2D eigenvalue weighted by atomic mass is 9.73. The van der Waals surface area contributed by atoms with Crippen LogP contribution in [0.5, 0.6) is 5.75 Å². The largest absolute Gasteiger partial charge is 0.494 e. The molecule has 3 aliphatic rings. The van der Waals surface area contributed by atoms with Gasteiger partial charge in [0, 0.05) is 28.7 Å². The van der Waals surface area contributed by atoms with Gasteiger partial charge in [-0.2, -0.15) is 0 Å². The number of amides is 2. The van der Waals surface area contributed by atoms with Gasteiger partial charge in [-0.3, -0.25) is 19.3 Å². The summed E-state index contributed by atoms with van der Waals surface area (Å²) in [7, 11) is 1.35. The molecule has 0 aromatic heterocycles. The molecule has 3 aliphatic heterocycles. The number of methoxy groups -OCH3 is 1. The molecule has 0 bridgehead atoms. The number of carbonyl (C=O) groups excluding carboxylic acids is 2. The molecular formula is C23H17Cl4F2N3O5. The number of benzene rings is 2. The maximum atomic E-state index is 14.8. The molecule has 4 atom stereocenters. The van der Waals surface area contributed by atoms with E-state index >= 15 is 0 Å². The number of hydrogen-bond donors (Lipinski definition) is 3. The lowest BCUT2D eigenvalue weighted by molar-refractivity contribution is -0.153. The van der Waals surface area contributed by atoms with E-state index in [9.17, 15) is 28.3 Å². The molecule has 1 spiro atoms. The number of nitrogens with one attached hydrogen (secondary N) is 2. The van der Waals surface area contributed by atoms with E-state index in [-0.39, 0.29) is 42.8 Å². The highest BCUT2D eigenvalue weighted by molar-refractivity contribution is 6.38. The van der Waals surface area contributed by atoms with Gasteiger partial charge in [0.05, 0.1) is 40.3 Å². The van der Waals surface area contributed by atoms with Crippen molar-refractivity contribution >= 4 is 75.6 Å². The van der Waals surface area contributed by atoms with Crippen LogP contribution in [0.3, 0.4) is 0 Å². The molecule has 0 saturated carbocycles. The van der Waals surface area contributed by atoms with Crippen LogP contribution in [-0.2, 0) is 19.9 Å². The molecule has 2 aromatic carbocycles. The van der Waals surface area contributed by atoms with Crippen molar-refractivity contribution in [2.45, 2.75) is 23.9 Å². The Morgan fingerprint density at radius 1 is 1.14 bits per heavy atom. The number of carboxylic acids is 1. The Morgan fingerprint density at radius 2 is 1.78 bits per heavy atom. The van der Waals surface area contributed by atoms with Gasteiger partial charge in [0.2, 0.25) is 5.91 Å². The van der Waals surface area contributed by atoms with Gasteiger partial charge in [0.15, 0.2) is 5.75 Å². The number of alkyl halides is 2. The minimum Gasteiger partial charge on any atom is -0.494 e. The minimum absolute atomic E-state index is 0.00906. The van der Waals surface area contributed by atoms with Crippen molar-refractivity contribution < 1.29 is 33.0 Å². The van der Waals surface area contributed by atoms with Crippen molar-refractivity contribution in [2.24, 2.45) is 11.8 Å². The number of carboxylic acid groups (broad SMARTS) is 1. The quantitative estimate of drug-likeness (QED) is 0.453. The van der Waals surface area contributed by atoms with Crippen molar-refractivity contribution in [3.8, 4) is 5.75 Å². The molecule has 14 heteroatoms. The molecule has 0 aliphatic carbocycles. The van der Waals surface area contributed by atoms with Crippen LogP contribution in [0.2, 0.25) is 20.1 Å². The molecular weight excluding hydrogens is 578 g/mol. The van der Waals surface area contributed by atoms with Crippen molar-refractivity contribution in [3.05, 3.63) is 49.9 Å². The minimum atomic E-state index is -3.29. The molecule has 3 N–H and O–H groups in total. The van der Waals surface area contributed by atoms with Crippen LogP contribution in [0.4, 0.5) is 20.2 Å². The summed E-state index contributed by atoms with van der Waals surface area (Å²) in [5, 5.41) is 15.6. The highest BCUT2D eigenvalue weighted by Gasteiger charge is 2.74. The number of carbonyl (C=O) groups is 3. The molecule has 196 valence electrons. The van der Waals surface area contributed by atoms with Gasteiger partial charge in [0.25, 0.3) is 11.8 Å². The molecule has 8 nitrogen and oxygen atoms in total. The molecule has 2 saturated heterocycles. The Balaban J connectivity index is 1.65. The first-order valence-electron chi connectivity index (χ1n) is 10.8. The van der Waals surface area contributed by atoms with E-state index in [2.05, 4.69) is 10.6 Å². The van der Waals surface area contributed by atoms with Crippen molar-refractivity contribution in [3.63, 3.8) is 0 Å². The van der Waals surface area contributed by atoms with Crippen LogP contribution in [0.15, 0.2) is 24.3 Å². The second-order valence-electron chi connectivity index (χ2n) is 9.09. The molecule has 5 rings (SSSR count). The summed E-state index contributed by atoms with van der Waals surface area (Å²) in [6, 6.07) is 4.00. The van der Waals surface area contributed by atoms with Gasteiger partial charge >= 0.3 is 5.97 Å². The van der Waals surface area contributed by atoms with Crippen LogP contribution in [0.25, 0.3) is 0 Å². The fourth-order valence-electron chi connectivity index (χ4n) is 5.85. The SMILES string of the molecule is COc1c(Cl)cc(NC(=O)C2C3CC(F)(F)CN3C3(C(=O)Nc4c(Cl)cc(Cl)cc43)C2C(=O)O)cc1Cl. The predicted octanol–water partition coefficient (Wildman–Crippen LogP) is 5.14. The highest BCUT2D eigenvalue weighted by atomic mass is 35.5. The predicted molar refractivity (Wildman–Crippen MR) is 133 cm³/mol. The Hall–Kier alpha value is -2.37. The normalized spacial score (nSPS) is 27.6. The van der Waals surface area contributed by atoms with Gasteiger partial charge in [-0.25, -0.2) is 8.78 Å². The Morgan fingerprint density at radius 3 is 2.38 bits per heavy atom. The average Bonchev–Trinajstić information content (AvgIpc) is 3.34. The maximum Gasteiger partial charge on any atom is 0.310 e. The van der Waals surface area contributed by atoms with Crippen molar-refractivity contribution in [2.75, 3.05) is 24.3 Å². The molecule has 4 unspecified atom stereocenters. The van der Waals surface area contributed by atoms with Crippen LogP contribution >= 0.6 is 46.4 Å². The number of hydrogen-bond acceptors (Lipinski definition) is 5. The summed E-state index contributed by atoms with van der Waals surface area (Å²) in [5.41, 5.74) is -1.98. The lowest BCUT2D eigenvalue weighted by Gasteiger charge is -2.35. The van der Waals surface area contributed by atoms with E-state index in [1.54, 1.807) is 0 Å². The fourth-order valence-corrected chi connectivity index (χ4v) is 7.03. The van der Waals surface area contributed by atoms with Crippen LogP contribution < -0.4 is 15.4 Å². The summed E-state index contributed by atoms with van der Waals surface area (Å²) in [6.45, 7) is -0.942. The first-order chi connectivity index (χ1) is 17.3. The van der Waals surface area contributed by atoms with Gasteiger partial charge in [-0.1, -0.05) is 46.4 Å². The number of anilines is 2. The average molecular weight is 595 g/mol. The molecule has 2 fully saturated rings. The van der Waals surface area contributed by atoms with Crippen LogP contribution in [-0.4, -0.2) is 53.4 Å². The third-order valence-electron chi connectivity index (χ3n) is 7.08. The van der Waals surface area contributed by atoms with Crippen molar-refractivity contribution in [1.82, 2.24) is 4.90 Å². The van der Waals surface area contributed by atoms with E-state index in [0.29, 0.717) is 0 Å². The maximum absolute atomic E-state index is 14.8. The number of aliphatic carboxylic acids is 1. The van der Waals surface area contributed by atoms with E-state index in [1.807, 2.05) is 0 Å². The van der Waals surface area contributed by atoms with Gasteiger partial charge in [-0.15, -0.1) is 0 Å². The standard InChI is InChI=1S/C23H17Cl4F2N3O5/c1-37-18-12(26)4-9(5-13(18)27)30-19(33)15-14-6-22(28,29)7-32(14)23(16(15)20(34)35)10-2-8(24)3-11(25)17(10)31-21(23)36/h2-5,14-16H,6-7H2,1H3,(H,30,33)(H,31,36)(H,34,35). The number of rotatable bonds is 4. The first kappa shape index (κ1) is 26.2. The van der Waals surface area contributed by atoms with Gasteiger partial charge in [-0.05, 0) is 24.3 Å². The number of halogens is 6. The van der Waals surface area contributed by atoms with Crippen molar-refractivity contribution in [1.29, 1.82) is 0 Å². The smallest absolute Gasteiger partial charge is 0.310 e. The summed E-state index contributed by atoms with van der Waals surface area (Å²) in [6.07, 6.45) is -0.836. The monoisotopic (exact) mass is 593 g/mol. The fraction of sp³-hybridized carbons (Fsp3) is 0.348. The second kappa shape index (κ2) is 8.84. The van der Waals surface area contributed by atoms with E-state index in [0.717, 1.165) is 4.90 Å². The number of nitrogens with zero attached hydrogens (tertiary/aromatic N) is 1. The summed E-state index contributed by atoms with van der Waals surface area (Å²) >= 11 is 24.7. The van der Waals surface area contributed by atoms with Crippen LogP contribution in [0.1, 0.15) is 12.0 Å². The summed E-state index contributed by atoms with van der Waals surface area (Å²) < 4.78 is 34.7. The lowest BCUT2D eigenvalue weighted by Crippen LogP contribution is -2.54. The van der Waals surface area contributed by atoms with E-state index in [1.165, 1.54) is 31.4 Å². The molecule has 2 aromatic rings. The zero-order valence-corrected chi connectivity index (χ0v) is 21.8. The zero-order chi connectivity index (χ0) is 27.0. The highest BCUT2D eigenvalue weighted by Crippen LogP contribution is 2.61. The molecule has 2 amide bonds. The molecule has 37 heavy (non-hydrogen) atoms. The Kier molecular flexibility index (Phi) is 6.27. The number of fused-ring (bicyclic) bond motifs is 4. The zero-order valence-electron chi connectivity index (χ0n) is 18.8.